The first kappa shape index (κ1) is 27.2. The molecule has 1 aromatic heterocycles. The third kappa shape index (κ3) is 5.11. The van der Waals surface area contributed by atoms with Crippen LogP contribution in [0.25, 0.3) is 78.0 Å². The van der Waals surface area contributed by atoms with Crippen molar-refractivity contribution in [3.8, 4) is 56.4 Å². The molecule has 0 N–H and O–H groups in total. The van der Waals surface area contributed by atoms with E-state index in [4.69, 9.17) is 15.0 Å². The predicted molar refractivity (Wildman–Crippen MR) is 187 cm³/mol. The van der Waals surface area contributed by atoms with Gasteiger partial charge in [0.25, 0.3) is 0 Å². The quantitative estimate of drug-likeness (QED) is 0.139. The molecule has 0 saturated heterocycles. The molecule has 0 unspecified atom stereocenters. The van der Waals surface area contributed by atoms with Crippen molar-refractivity contribution in [2.75, 3.05) is 0 Å². The third-order valence-electron chi connectivity index (χ3n) is 8.20. The molecule has 7 aromatic carbocycles. The number of rotatable bonds is 5. The van der Waals surface area contributed by atoms with Gasteiger partial charge in [-0.25, -0.2) is 0 Å². The predicted octanol–water partition coefficient (Wildman–Crippen LogP) is 9.31. The van der Waals surface area contributed by atoms with Gasteiger partial charge in [0.15, 0.2) is 0 Å². The number of hydrogen-bond acceptors (Lipinski definition) is 3. The van der Waals surface area contributed by atoms with E-state index in [1.54, 1.807) is 0 Å². The van der Waals surface area contributed by atoms with Crippen LogP contribution in [-0.2, 0) is 0 Å². The van der Waals surface area contributed by atoms with Crippen LogP contribution in [0.3, 0.4) is 0 Å². The van der Waals surface area contributed by atoms with Gasteiger partial charge < -0.3 is 0 Å². The molecule has 8 aromatic rings. The molecule has 0 saturated carbocycles. The standard InChI is InChI=1S/C41H26N3Se/c45-37-24-12-23-35(41-43-39(27-13-3-1-4-14-27)42-40(44-41)28-15-5-2-6-16-28)38(37)31-19-11-18-29(25-31)36-26-30-17-7-8-20-32(30)33-21-9-10-22-34(33)36/h1-26H. The van der Waals surface area contributed by atoms with Crippen LogP contribution in [0, 0.1) is 0 Å². The van der Waals surface area contributed by atoms with Crippen LogP contribution in [-0.4, -0.2) is 31.0 Å². The zero-order chi connectivity index (χ0) is 30.2. The van der Waals surface area contributed by atoms with Crippen LogP contribution in [0.2, 0.25) is 0 Å². The van der Waals surface area contributed by atoms with E-state index in [0.29, 0.717) is 17.5 Å². The van der Waals surface area contributed by atoms with Crippen LogP contribution >= 0.6 is 0 Å². The number of nitrogens with zero attached hydrogens (tertiary/aromatic N) is 3. The van der Waals surface area contributed by atoms with Gasteiger partial charge in [-0.3, -0.25) is 0 Å². The average molecular weight is 640 g/mol. The first-order chi connectivity index (χ1) is 22.2. The molecule has 0 bridgehead atoms. The SMILES string of the molecule is [Se]c1cccc(-c2nc(-c3ccccc3)nc(-c3ccccc3)n2)c1-c1cccc(-c2cc3ccccc3c3ccccc23)c1. The Hall–Kier alpha value is -5.41. The van der Waals surface area contributed by atoms with Crippen molar-refractivity contribution in [2.24, 2.45) is 0 Å². The fourth-order valence-electron chi connectivity index (χ4n) is 6.08. The molecule has 45 heavy (non-hydrogen) atoms. The summed E-state index contributed by atoms with van der Waals surface area (Å²) in [5.74, 6) is 1.93. The fraction of sp³-hybridized carbons (Fsp3) is 0. The number of fused-ring (bicyclic) bond motifs is 3. The Morgan fingerprint density at radius 1 is 0.356 bits per heavy atom. The summed E-state index contributed by atoms with van der Waals surface area (Å²) in [6.45, 7) is 0. The molecule has 0 spiro atoms. The zero-order valence-corrected chi connectivity index (χ0v) is 26.0. The number of hydrogen-bond donors (Lipinski definition) is 0. The fourth-order valence-corrected chi connectivity index (χ4v) is 6.72. The van der Waals surface area contributed by atoms with Crippen molar-refractivity contribution < 1.29 is 0 Å². The summed E-state index contributed by atoms with van der Waals surface area (Å²) in [4.78, 5) is 15.0. The molecule has 0 aliphatic carbocycles. The Morgan fingerprint density at radius 3 is 1.60 bits per heavy atom. The van der Waals surface area contributed by atoms with Gasteiger partial charge in [-0.05, 0) is 0 Å². The molecular formula is C41H26N3Se. The topological polar surface area (TPSA) is 38.7 Å². The molecule has 3 nitrogen and oxygen atoms in total. The molecule has 1 heterocycles. The second-order valence-electron chi connectivity index (χ2n) is 11.0. The Kier molecular flexibility index (Phi) is 7.00. The van der Waals surface area contributed by atoms with E-state index in [2.05, 4.69) is 113 Å². The van der Waals surface area contributed by atoms with Crippen molar-refractivity contribution in [3.63, 3.8) is 0 Å². The Labute approximate surface area is 270 Å². The van der Waals surface area contributed by atoms with Gasteiger partial charge in [0, 0.05) is 0 Å². The average Bonchev–Trinajstić information content (AvgIpc) is 3.12. The molecule has 8 rings (SSSR count). The van der Waals surface area contributed by atoms with Gasteiger partial charge >= 0.3 is 271 Å². The normalized spacial score (nSPS) is 11.2. The van der Waals surface area contributed by atoms with Crippen LogP contribution < -0.4 is 4.46 Å². The third-order valence-corrected chi connectivity index (χ3v) is 8.91. The monoisotopic (exact) mass is 640 g/mol. The van der Waals surface area contributed by atoms with Gasteiger partial charge in [-0.2, -0.15) is 0 Å². The summed E-state index contributed by atoms with van der Waals surface area (Å²) in [5.41, 5.74) is 7.38. The molecule has 0 aliphatic heterocycles. The first-order valence-electron chi connectivity index (χ1n) is 14.9. The minimum absolute atomic E-state index is 0.636. The summed E-state index contributed by atoms with van der Waals surface area (Å²) in [7, 11) is 0. The Balaban J connectivity index is 1.33. The summed E-state index contributed by atoms with van der Waals surface area (Å²) in [6.07, 6.45) is 0. The maximum atomic E-state index is 5.05. The molecule has 1 radical (unpaired) electrons. The first-order valence-corrected chi connectivity index (χ1v) is 15.8. The Bertz CT molecular complexity index is 2280. The maximum absolute atomic E-state index is 5.05. The summed E-state index contributed by atoms with van der Waals surface area (Å²) in [5, 5.41) is 4.99. The van der Waals surface area contributed by atoms with Gasteiger partial charge in [-0.15, -0.1) is 0 Å². The van der Waals surface area contributed by atoms with Crippen molar-refractivity contribution in [1.29, 1.82) is 0 Å². The van der Waals surface area contributed by atoms with Crippen LogP contribution in [0.4, 0.5) is 0 Å². The summed E-state index contributed by atoms with van der Waals surface area (Å²) >= 11 is 3.31. The van der Waals surface area contributed by atoms with E-state index in [0.717, 1.165) is 37.8 Å². The van der Waals surface area contributed by atoms with Crippen LogP contribution in [0.15, 0.2) is 158 Å². The zero-order valence-electron chi connectivity index (χ0n) is 24.3. The van der Waals surface area contributed by atoms with Crippen molar-refractivity contribution >= 4 is 42.0 Å². The second-order valence-corrected chi connectivity index (χ2v) is 11.9. The van der Waals surface area contributed by atoms with Gasteiger partial charge in [0.2, 0.25) is 0 Å². The summed E-state index contributed by atoms with van der Waals surface area (Å²) in [6, 6.07) is 54.9. The van der Waals surface area contributed by atoms with E-state index in [1.807, 2.05) is 60.7 Å². The molecule has 0 aliphatic rings. The summed E-state index contributed by atoms with van der Waals surface area (Å²) < 4.78 is 1.04. The van der Waals surface area contributed by atoms with E-state index in [9.17, 15) is 0 Å². The molecule has 0 amide bonds. The molecule has 0 atom stereocenters. The van der Waals surface area contributed by atoms with Gasteiger partial charge in [-0.1, -0.05) is 0 Å². The van der Waals surface area contributed by atoms with Gasteiger partial charge in [0.1, 0.15) is 0 Å². The van der Waals surface area contributed by atoms with Gasteiger partial charge in [0.05, 0.1) is 0 Å². The van der Waals surface area contributed by atoms with Crippen molar-refractivity contribution in [3.05, 3.63) is 158 Å². The van der Waals surface area contributed by atoms with E-state index >= 15 is 0 Å². The number of benzene rings is 7. The second kappa shape index (κ2) is 11.6. The molecule has 0 fully saturated rings. The van der Waals surface area contributed by atoms with Crippen molar-refractivity contribution in [2.45, 2.75) is 0 Å². The molecule has 4 heteroatoms. The van der Waals surface area contributed by atoms with Crippen LogP contribution in [0.5, 0.6) is 0 Å². The van der Waals surface area contributed by atoms with E-state index in [-0.39, 0.29) is 0 Å². The Morgan fingerprint density at radius 2 is 0.889 bits per heavy atom. The number of aromatic nitrogens is 3. The van der Waals surface area contributed by atoms with E-state index in [1.165, 1.54) is 27.1 Å². The van der Waals surface area contributed by atoms with Crippen LogP contribution in [0.1, 0.15) is 0 Å². The molecular weight excluding hydrogens is 613 g/mol. The van der Waals surface area contributed by atoms with E-state index < -0.39 is 0 Å². The minimum atomic E-state index is 0.636. The van der Waals surface area contributed by atoms with Crippen molar-refractivity contribution in [1.82, 2.24) is 15.0 Å². The molecule has 211 valence electrons.